The third-order valence-corrected chi connectivity index (χ3v) is 2.16. The van der Waals surface area contributed by atoms with Crippen molar-refractivity contribution in [3.05, 3.63) is 35.9 Å². The molecule has 1 aromatic rings. The van der Waals surface area contributed by atoms with E-state index in [4.69, 9.17) is 9.47 Å². The van der Waals surface area contributed by atoms with Gasteiger partial charge in [-0.05, 0) is 32.4 Å². The van der Waals surface area contributed by atoms with Gasteiger partial charge in [0.15, 0.2) is 0 Å². The Morgan fingerprint density at radius 1 is 1.17 bits per heavy atom. The number of carbonyl (C=O) groups is 2. The standard InChI is InChI=1S/C14H17O4/c1-14(2,3)13(16)18-10-17-12(15)9-11-7-5-4-6-8-11/h5-8H,9-10H2,1-3H3. The molecule has 0 aromatic heterocycles. The van der Waals surface area contributed by atoms with Crippen LogP contribution in [0, 0.1) is 11.5 Å². The zero-order valence-electron chi connectivity index (χ0n) is 10.9. The molecule has 0 atom stereocenters. The third-order valence-electron chi connectivity index (χ3n) is 2.16. The van der Waals surface area contributed by atoms with Crippen LogP contribution in [0.25, 0.3) is 0 Å². The van der Waals surface area contributed by atoms with Gasteiger partial charge >= 0.3 is 11.9 Å². The molecule has 0 saturated carbocycles. The number of benzene rings is 1. The van der Waals surface area contributed by atoms with Crippen LogP contribution < -0.4 is 0 Å². The van der Waals surface area contributed by atoms with Crippen molar-refractivity contribution in [1.82, 2.24) is 0 Å². The lowest BCUT2D eigenvalue weighted by atomic mass is 9.98. The quantitative estimate of drug-likeness (QED) is 0.606. The van der Waals surface area contributed by atoms with Gasteiger partial charge in [0.1, 0.15) is 0 Å². The topological polar surface area (TPSA) is 52.6 Å². The number of hydrogen-bond donors (Lipinski definition) is 0. The molecule has 4 heteroatoms. The fraction of sp³-hybridized carbons (Fsp3) is 0.429. The highest BCUT2D eigenvalue weighted by Gasteiger charge is 2.23. The summed E-state index contributed by atoms with van der Waals surface area (Å²) in [6.07, 6.45) is 0.155. The van der Waals surface area contributed by atoms with Crippen LogP contribution >= 0.6 is 0 Å². The SMILES string of the molecule is CC(C)(C)C(=O)OCOC(=O)Cc1cc[c]cc1. The van der Waals surface area contributed by atoms with E-state index in [2.05, 4.69) is 6.07 Å². The van der Waals surface area contributed by atoms with E-state index < -0.39 is 17.4 Å². The number of ether oxygens (including phenoxy) is 2. The maximum atomic E-state index is 11.4. The lowest BCUT2D eigenvalue weighted by Gasteiger charge is -2.16. The molecule has 0 amide bonds. The highest BCUT2D eigenvalue weighted by atomic mass is 16.7. The van der Waals surface area contributed by atoms with E-state index in [-0.39, 0.29) is 13.2 Å². The molecular formula is C14H17O4. The smallest absolute Gasteiger partial charge is 0.314 e. The van der Waals surface area contributed by atoms with E-state index in [1.807, 2.05) is 0 Å². The predicted molar refractivity (Wildman–Crippen MR) is 65.5 cm³/mol. The average molecular weight is 249 g/mol. The largest absolute Gasteiger partial charge is 0.428 e. The van der Waals surface area contributed by atoms with Gasteiger partial charge in [0, 0.05) is 0 Å². The minimum Gasteiger partial charge on any atom is -0.428 e. The maximum absolute atomic E-state index is 11.4. The van der Waals surface area contributed by atoms with E-state index in [9.17, 15) is 9.59 Å². The zero-order chi connectivity index (χ0) is 13.6. The normalized spacial score (nSPS) is 10.8. The van der Waals surface area contributed by atoms with Crippen molar-refractivity contribution >= 4 is 11.9 Å². The molecule has 97 valence electrons. The van der Waals surface area contributed by atoms with Crippen LogP contribution in [0.1, 0.15) is 26.3 Å². The predicted octanol–water partition coefficient (Wildman–Crippen LogP) is 2.12. The van der Waals surface area contributed by atoms with Gasteiger partial charge in [-0.15, -0.1) is 0 Å². The monoisotopic (exact) mass is 249 g/mol. The first kappa shape index (κ1) is 14.2. The van der Waals surface area contributed by atoms with Crippen LogP contribution in [-0.4, -0.2) is 18.7 Å². The highest BCUT2D eigenvalue weighted by Crippen LogP contribution is 2.14. The fourth-order valence-corrected chi connectivity index (χ4v) is 1.12. The number of carbonyl (C=O) groups excluding carboxylic acids is 2. The molecule has 0 aliphatic carbocycles. The van der Waals surface area contributed by atoms with Gasteiger partial charge in [0.2, 0.25) is 6.79 Å². The Morgan fingerprint density at radius 2 is 1.78 bits per heavy atom. The van der Waals surface area contributed by atoms with Gasteiger partial charge in [-0.2, -0.15) is 0 Å². The summed E-state index contributed by atoms with van der Waals surface area (Å²) in [5.74, 6) is -0.826. The van der Waals surface area contributed by atoms with Crippen LogP contribution in [0.3, 0.4) is 0 Å². The summed E-state index contributed by atoms with van der Waals surface area (Å²) < 4.78 is 9.65. The van der Waals surface area contributed by atoms with Crippen molar-refractivity contribution in [2.24, 2.45) is 5.41 Å². The van der Waals surface area contributed by atoms with Gasteiger partial charge in [0.05, 0.1) is 11.8 Å². The summed E-state index contributed by atoms with van der Waals surface area (Å²) in [4.78, 5) is 22.8. The van der Waals surface area contributed by atoms with Crippen molar-refractivity contribution in [1.29, 1.82) is 0 Å². The van der Waals surface area contributed by atoms with E-state index in [0.717, 1.165) is 5.56 Å². The zero-order valence-corrected chi connectivity index (χ0v) is 10.9. The van der Waals surface area contributed by atoms with Gasteiger partial charge < -0.3 is 9.47 Å². The Labute approximate surface area is 107 Å². The fourth-order valence-electron chi connectivity index (χ4n) is 1.12. The summed E-state index contributed by atoms with van der Waals surface area (Å²) >= 11 is 0. The molecule has 0 bridgehead atoms. The van der Waals surface area contributed by atoms with E-state index in [0.29, 0.717) is 0 Å². The second-order valence-corrected chi connectivity index (χ2v) is 4.90. The molecule has 18 heavy (non-hydrogen) atoms. The molecule has 0 aliphatic rings. The van der Waals surface area contributed by atoms with Gasteiger partial charge in [0.25, 0.3) is 0 Å². The summed E-state index contributed by atoms with van der Waals surface area (Å²) in [6.45, 7) is 4.86. The molecular weight excluding hydrogens is 232 g/mol. The molecule has 1 aromatic carbocycles. The third kappa shape index (κ3) is 4.99. The Bertz CT molecular complexity index is 404. The molecule has 0 spiro atoms. The first-order valence-corrected chi connectivity index (χ1v) is 5.67. The summed E-state index contributed by atoms with van der Waals surface area (Å²) in [5.41, 5.74) is 0.239. The molecule has 4 nitrogen and oxygen atoms in total. The molecule has 0 N–H and O–H groups in total. The lowest BCUT2D eigenvalue weighted by Crippen LogP contribution is -2.25. The summed E-state index contributed by atoms with van der Waals surface area (Å²) in [5, 5.41) is 0. The Morgan fingerprint density at radius 3 is 2.33 bits per heavy atom. The van der Waals surface area contributed by atoms with Crippen molar-refractivity contribution in [2.75, 3.05) is 6.79 Å². The Hall–Kier alpha value is -1.84. The second kappa shape index (κ2) is 6.19. The Balaban J connectivity index is 2.28. The number of hydrogen-bond acceptors (Lipinski definition) is 4. The number of rotatable bonds is 4. The minimum absolute atomic E-state index is 0.155. The molecule has 0 saturated heterocycles. The first-order chi connectivity index (χ1) is 8.39. The first-order valence-electron chi connectivity index (χ1n) is 5.67. The van der Waals surface area contributed by atoms with Crippen LogP contribution in [0.5, 0.6) is 0 Å². The molecule has 1 rings (SSSR count). The summed E-state index contributed by atoms with van der Waals surface area (Å²) in [7, 11) is 0. The molecule has 0 heterocycles. The van der Waals surface area contributed by atoms with Crippen molar-refractivity contribution in [2.45, 2.75) is 27.2 Å². The number of esters is 2. The molecule has 1 radical (unpaired) electrons. The molecule has 0 fully saturated rings. The van der Waals surface area contributed by atoms with Crippen molar-refractivity contribution < 1.29 is 19.1 Å². The second-order valence-electron chi connectivity index (χ2n) is 4.90. The van der Waals surface area contributed by atoms with Gasteiger partial charge in [-0.1, -0.05) is 24.3 Å². The highest BCUT2D eigenvalue weighted by molar-refractivity contribution is 5.76. The van der Waals surface area contributed by atoms with Crippen LogP contribution in [0.2, 0.25) is 0 Å². The minimum atomic E-state index is -0.596. The van der Waals surface area contributed by atoms with Gasteiger partial charge in [-0.3, -0.25) is 9.59 Å². The Kier molecular flexibility index (Phi) is 4.89. The average Bonchev–Trinajstić information content (AvgIpc) is 2.28. The van der Waals surface area contributed by atoms with Crippen LogP contribution in [-0.2, 0) is 25.5 Å². The van der Waals surface area contributed by atoms with Crippen LogP contribution in [0.15, 0.2) is 24.3 Å². The lowest BCUT2D eigenvalue weighted by molar-refractivity contribution is -0.172. The van der Waals surface area contributed by atoms with E-state index >= 15 is 0 Å². The van der Waals surface area contributed by atoms with Crippen molar-refractivity contribution in [3.63, 3.8) is 0 Å². The van der Waals surface area contributed by atoms with E-state index in [1.54, 1.807) is 45.0 Å². The summed E-state index contributed by atoms with van der Waals surface area (Å²) in [6, 6.07) is 9.87. The maximum Gasteiger partial charge on any atom is 0.314 e. The molecule has 0 aliphatic heterocycles. The van der Waals surface area contributed by atoms with E-state index in [1.165, 1.54) is 0 Å². The van der Waals surface area contributed by atoms with Crippen molar-refractivity contribution in [3.8, 4) is 0 Å². The van der Waals surface area contributed by atoms with Gasteiger partial charge in [-0.25, -0.2) is 0 Å². The van der Waals surface area contributed by atoms with Crippen LogP contribution in [0.4, 0.5) is 0 Å². The molecule has 0 unspecified atom stereocenters.